The molecule has 0 aliphatic carbocycles. The number of amides is 1. The normalized spacial score (nSPS) is 16.5. The van der Waals surface area contributed by atoms with Gasteiger partial charge in [-0.3, -0.25) is 14.9 Å². The monoisotopic (exact) mass is 391 g/mol. The fourth-order valence-corrected chi connectivity index (χ4v) is 3.41. The molecule has 138 valence electrons. The van der Waals surface area contributed by atoms with Gasteiger partial charge in [0.05, 0.1) is 15.5 Å². The molecule has 1 amide bonds. The highest BCUT2D eigenvalue weighted by Crippen LogP contribution is 2.30. The van der Waals surface area contributed by atoms with Gasteiger partial charge in [-0.05, 0) is 36.0 Å². The van der Waals surface area contributed by atoms with Crippen molar-refractivity contribution < 1.29 is 14.1 Å². The van der Waals surface area contributed by atoms with Crippen LogP contribution in [0.15, 0.2) is 81.0 Å². The van der Waals surface area contributed by atoms with Crippen LogP contribution in [0.4, 0.5) is 11.4 Å². The third-order valence-corrected chi connectivity index (χ3v) is 4.79. The van der Waals surface area contributed by atoms with Crippen molar-refractivity contribution in [1.29, 1.82) is 0 Å². The van der Waals surface area contributed by atoms with Crippen molar-refractivity contribution in [2.45, 2.75) is 0 Å². The van der Waals surface area contributed by atoms with Gasteiger partial charge in [-0.15, -0.1) is 0 Å². The van der Waals surface area contributed by atoms with Gasteiger partial charge in [-0.1, -0.05) is 30.3 Å². The second-order valence-corrected chi connectivity index (χ2v) is 6.86. The Morgan fingerprint density at radius 3 is 2.68 bits per heavy atom. The Hall–Kier alpha value is -3.65. The van der Waals surface area contributed by atoms with Crippen molar-refractivity contribution in [1.82, 2.24) is 5.32 Å². The van der Waals surface area contributed by atoms with Crippen LogP contribution in [-0.4, -0.2) is 16.0 Å². The van der Waals surface area contributed by atoms with E-state index >= 15 is 0 Å². The van der Waals surface area contributed by atoms with E-state index in [1.165, 1.54) is 23.9 Å². The molecule has 2 aromatic carbocycles. The number of hydrogen-bond acceptors (Lipinski definition) is 6. The van der Waals surface area contributed by atoms with E-state index in [2.05, 4.69) is 10.3 Å². The van der Waals surface area contributed by atoms with Gasteiger partial charge in [-0.2, -0.15) is 0 Å². The molecule has 28 heavy (non-hydrogen) atoms. The summed E-state index contributed by atoms with van der Waals surface area (Å²) in [4.78, 5) is 27.5. The first-order valence-corrected chi connectivity index (χ1v) is 9.09. The first kappa shape index (κ1) is 17.7. The van der Waals surface area contributed by atoms with Crippen LogP contribution in [0.2, 0.25) is 0 Å². The summed E-state index contributed by atoms with van der Waals surface area (Å²) in [7, 11) is 0. The van der Waals surface area contributed by atoms with Gasteiger partial charge >= 0.3 is 0 Å². The number of nitro benzene ring substituents is 1. The number of para-hydroxylation sites is 1. The van der Waals surface area contributed by atoms with Crippen LogP contribution < -0.4 is 5.32 Å². The maximum absolute atomic E-state index is 12.2. The molecule has 1 aliphatic heterocycles. The van der Waals surface area contributed by atoms with Crippen LogP contribution in [0, 0.1) is 10.1 Å². The minimum absolute atomic E-state index is 0.0127. The molecule has 0 unspecified atom stereocenters. The van der Waals surface area contributed by atoms with Gasteiger partial charge in [0, 0.05) is 23.8 Å². The maximum atomic E-state index is 12.2. The van der Waals surface area contributed by atoms with Gasteiger partial charge < -0.3 is 9.73 Å². The van der Waals surface area contributed by atoms with E-state index in [0.29, 0.717) is 27.2 Å². The number of benzene rings is 2. The zero-order valence-corrected chi connectivity index (χ0v) is 15.2. The lowest BCUT2D eigenvalue weighted by atomic mass is 10.1. The topological polar surface area (TPSA) is 97.7 Å². The quantitative estimate of drug-likeness (QED) is 0.393. The molecular formula is C20H13N3O4S. The Morgan fingerprint density at radius 1 is 1.07 bits per heavy atom. The number of aliphatic imine (C=N–C) groups is 1. The third kappa shape index (κ3) is 3.86. The first-order valence-electron chi connectivity index (χ1n) is 8.28. The summed E-state index contributed by atoms with van der Waals surface area (Å²) in [6.07, 6.45) is 1.62. The fraction of sp³-hybridized carbons (Fsp3) is 0. The molecule has 0 radical (unpaired) electrons. The number of furan rings is 1. The Labute approximate surface area is 163 Å². The lowest BCUT2D eigenvalue weighted by molar-refractivity contribution is -0.384. The van der Waals surface area contributed by atoms with Crippen LogP contribution in [0.1, 0.15) is 5.76 Å². The lowest BCUT2D eigenvalue weighted by Crippen LogP contribution is -2.19. The van der Waals surface area contributed by atoms with Gasteiger partial charge in [0.15, 0.2) is 5.17 Å². The summed E-state index contributed by atoms with van der Waals surface area (Å²) in [5.41, 5.74) is 1.33. The van der Waals surface area contributed by atoms with E-state index in [-0.39, 0.29) is 11.6 Å². The molecule has 0 spiro atoms. The van der Waals surface area contributed by atoms with Crippen molar-refractivity contribution in [2.24, 2.45) is 4.99 Å². The second-order valence-electron chi connectivity index (χ2n) is 5.83. The summed E-state index contributed by atoms with van der Waals surface area (Å²) in [5.74, 6) is 0.699. The molecule has 0 saturated carbocycles. The minimum Gasteiger partial charge on any atom is -0.457 e. The van der Waals surface area contributed by atoms with Crippen LogP contribution in [0.5, 0.6) is 0 Å². The Balaban J connectivity index is 1.55. The van der Waals surface area contributed by atoms with E-state index in [1.54, 1.807) is 30.3 Å². The number of rotatable bonds is 4. The molecular weight excluding hydrogens is 378 g/mol. The zero-order valence-electron chi connectivity index (χ0n) is 14.4. The van der Waals surface area contributed by atoms with Gasteiger partial charge in [0.25, 0.3) is 11.6 Å². The highest BCUT2D eigenvalue weighted by molar-refractivity contribution is 8.18. The van der Waals surface area contributed by atoms with E-state index < -0.39 is 4.92 Å². The standard InChI is InChI=1S/C20H13N3O4S/c24-19-18(28-20(22-19)21-14-6-2-1-3-7-14)12-16-9-10-17(27-16)13-5-4-8-15(11-13)23(25)26/h1-12H,(H,21,22,24)/b18-12-. The number of carbonyl (C=O) groups is 1. The number of nitro groups is 1. The van der Waals surface area contributed by atoms with Gasteiger partial charge in [0.1, 0.15) is 11.5 Å². The smallest absolute Gasteiger partial charge is 0.270 e. The molecule has 0 bridgehead atoms. The number of amidine groups is 1. The van der Waals surface area contributed by atoms with Gasteiger partial charge in [0.2, 0.25) is 0 Å². The van der Waals surface area contributed by atoms with Crippen LogP contribution in [0.3, 0.4) is 0 Å². The SMILES string of the molecule is O=C1NC(=Nc2ccccc2)S/C1=C\c1ccc(-c2cccc([N+](=O)[O-])c2)o1. The molecule has 4 rings (SSSR count). The Kier molecular flexibility index (Phi) is 4.77. The van der Waals surface area contributed by atoms with Crippen LogP contribution in [0.25, 0.3) is 17.4 Å². The molecule has 1 aliphatic rings. The summed E-state index contributed by atoms with van der Waals surface area (Å²) in [6.45, 7) is 0. The van der Waals surface area contributed by atoms with Crippen LogP contribution in [-0.2, 0) is 4.79 Å². The number of nitrogens with zero attached hydrogens (tertiary/aromatic N) is 2. The molecule has 3 aromatic rings. The summed E-state index contributed by atoms with van der Waals surface area (Å²) >= 11 is 1.22. The highest BCUT2D eigenvalue weighted by Gasteiger charge is 2.24. The molecule has 2 heterocycles. The molecule has 7 nitrogen and oxygen atoms in total. The lowest BCUT2D eigenvalue weighted by Gasteiger charge is -1.97. The van der Waals surface area contributed by atoms with Crippen molar-refractivity contribution in [3.8, 4) is 11.3 Å². The third-order valence-electron chi connectivity index (χ3n) is 3.88. The average Bonchev–Trinajstić information content (AvgIpc) is 3.30. The number of thioether (sulfide) groups is 1. The number of non-ortho nitro benzene ring substituents is 1. The predicted octanol–water partition coefficient (Wildman–Crippen LogP) is 4.75. The average molecular weight is 391 g/mol. The minimum atomic E-state index is -0.456. The highest BCUT2D eigenvalue weighted by atomic mass is 32.2. The molecule has 1 N–H and O–H groups in total. The van der Waals surface area contributed by atoms with Crippen molar-refractivity contribution in [2.75, 3.05) is 0 Å². The van der Waals surface area contributed by atoms with Crippen molar-refractivity contribution >= 4 is 40.3 Å². The predicted molar refractivity (Wildman–Crippen MR) is 108 cm³/mol. The van der Waals surface area contributed by atoms with E-state index in [1.807, 2.05) is 30.3 Å². The van der Waals surface area contributed by atoms with Crippen LogP contribution >= 0.6 is 11.8 Å². The van der Waals surface area contributed by atoms with Crippen molar-refractivity contribution in [3.63, 3.8) is 0 Å². The zero-order chi connectivity index (χ0) is 19.5. The van der Waals surface area contributed by atoms with Gasteiger partial charge in [-0.25, -0.2) is 4.99 Å². The summed E-state index contributed by atoms with van der Waals surface area (Å²) in [5, 5.41) is 14.1. The van der Waals surface area contributed by atoms with E-state index in [4.69, 9.17) is 4.42 Å². The molecule has 0 atom stereocenters. The Bertz CT molecular complexity index is 1120. The fourth-order valence-electron chi connectivity index (χ4n) is 2.59. The second kappa shape index (κ2) is 7.53. The molecule has 1 saturated heterocycles. The Morgan fingerprint density at radius 2 is 1.89 bits per heavy atom. The number of nitrogens with one attached hydrogen (secondary N) is 1. The van der Waals surface area contributed by atoms with E-state index in [9.17, 15) is 14.9 Å². The van der Waals surface area contributed by atoms with Crippen molar-refractivity contribution in [3.05, 3.63) is 87.5 Å². The summed E-state index contributed by atoms with van der Waals surface area (Å²) in [6, 6.07) is 18.9. The largest absolute Gasteiger partial charge is 0.457 e. The molecule has 1 aromatic heterocycles. The number of carbonyl (C=O) groups excluding carboxylic acids is 1. The maximum Gasteiger partial charge on any atom is 0.270 e. The number of hydrogen-bond donors (Lipinski definition) is 1. The molecule has 8 heteroatoms. The first-order chi connectivity index (χ1) is 13.6. The molecule has 1 fully saturated rings. The van der Waals surface area contributed by atoms with E-state index in [0.717, 1.165) is 5.69 Å². The summed E-state index contributed by atoms with van der Waals surface area (Å²) < 4.78 is 5.74.